The fourth-order valence-electron chi connectivity index (χ4n) is 2.91. The second kappa shape index (κ2) is 6.52. The molecule has 1 heterocycles. The van der Waals surface area contributed by atoms with Crippen LogP contribution in [0, 0.1) is 12.3 Å². The summed E-state index contributed by atoms with van der Waals surface area (Å²) in [7, 11) is 1.63. The number of hydrogen-bond acceptors (Lipinski definition) is 5. The van der Waals surface area contributed by atoms with Gasteiger partial charge in [0.15, 0.2) is 5.76 Å². The lowest BCUT2D eigenvalue weighted by Crippen LogP contribution is -2.27. The first-order valence-electron chi connectivity index (χ1n) is 7.50. The lowest BCUT2D eigenvalue weighted by atomic mass is 9.75. The maximum Gasteiger partial charge on any atom is 0.287 e. The fourth-order valence-corrected chi connectivity index (χ4v) is 2.91. The van der Waals surface area contributed by atoms with Crippen molar-refractivity contribution >= 4 is 11.6 Å². The molecule has 6 heteroatoms. The summed E-state index contributed by atoms with van der Waals surface area (Å²) in [6.45, 7) is 7.14. The number of carbonyl (C=O) groups excluding carboxylic acids is 1. The van der Waals surface area contributed by atoms with Crippen molar-refractivity contribution in [2.45, 2.75) is 40.0 Å². The Morgan fingerprint density at radius 1 is 1.45 bits per heavy atom. The number of nitrogens with one attached hydrogen (secondary N) is 1. The average Bonchev–Trinajstić information content (AvgIpc) is 2.78. The monoisotopic (exact) mass is 308 g/mol. The Morgan fingerprint density at radius 2 is 2.18 bits per heavy atom. The molecule has 1 aliphatic carbocycles. The van der Waals surface area contributed by atoms with E-state index in [1.807, 2.05) is 6.92 Å². The van der Waals surface area contributed by atoms with Gasteiger partial charge in [0, 0.05) is 37.8 Å². The Kier molecular flexibility index (Phi) is 4.90. The molecule has 1 aliphatic rings. The van der Waals surface area contributed by atoms with Crippen molar-refractivity contribution in [3.63, 3.8) is 0 Å². The molecule has 0 radical (unpaired) electrons. The summed E-state index contributed by atoms with van der Waals surface area (Å²) in [6, 6.07) is 0. The highest BCUT2D eigenvalue weighted by atomic mass is 16.5. The number of fused-ring (bicyclic) bond motifs is 1. The van der Waals surface area contributed by atoms with Crippen molar-refractivity contribution in [3.05, 3.63) is 22.6 Å². The quantitative estimate of drug-likeness (QED) is 0.497. The van der Waals surface area contributed by atoms with Crippen LogP contribution < -0.4 is 5.32 Å². The van der Waals surface area contributed by atoms with Crippen molar-refractivity contribution in [2.75, 3.05) is 20.3 Å². The Morgan fingerprint density at radius 3 is 2.82 bits per heavy atom. The minimum Gasteiger partial charge on any atom is -0.455 e. The molecule has 0 saturated heterocycles. The van der Waals surface area contributed by atoms with Crippen molar-refractivity contribution < 1.29 is 19.2 Å². The van der Waals surface area contributed by atoms with Crippen LogP contribution in [0.5, 0.6) is 0 Å². The highest BCUT2D eigenvalue weighted by molar-refractivity contribution is 6.06. The van der Waals surface area contributed by atoms with Gasteiger partial charge in [-0.3, -0.25) is 4.79 Å². The van der Waals surface area contributed by atoms with E-state index in [2.05, 4.69) is 24.3 Å². The molecule has 0 spiro atoms. The number of hydrogen-bond donors (Lipinski definition) is 2. The fraction of sp³-hybridized carbons (Fsp3) is 0.625. The van der Waals surface area contributed by atoms with Crippen LogP contribution in [0.25, 0.3) is 0 Å². The molecule has 1 aromatic rings. The van der Waals surface area contributed by atoms with Crippen LogP contribution in [0.4, 0.5) is 0 Å². The lowest BCUT2D eigenvalue weighted by molar-refractivity contribution is 0.0917. The molecular formula is C16H24N2O4. The van der Waals surface area contributed by atoms with Crippen LogP contribution in [-0.4, -0.2) is 37.1 Å². The summed E-state index contributed by atoms with van der Waals surface area (Å²) in [5.41, 5.74) is 2.06. The van der Waals surface area contributed by atoms with E-state index in [1.54, 1.807) is 7.11 Å². The molecule has 0 unspecified atom stereocenters. The van der Waals surface area contributed by atoms with Gasteiger partial charge in [0.25, 0.3) is 5.91 Å². The highest BCUT2D eigenvalue weighted by Crippen LogP contribution is 2.38. The van der Waals surface area contributed by atoms with Crippen LogP contribution in [0.15, 0.2) is 9.57 Å². The number of carbonyl (C=O) groups is 1. The molecule has 22 heavy (non-hydrogen) atoms. The van der Waals surface area contributed by atoms with E-state index in [9.17, 15) is 10.0 Å². The van der Waals surface area contributed by atoms with Gasteiger partial charge >= 0.3 is 0 Å². The molecule has 0 aliphatic heterocycles. The van der Waals surface area contributed by atoms with Crippen molar-refractivity contribution in [3.8, 4) is 0 Å². The highest BCUT2D eigenvalue weighted by Gasteiger charge is 2.36. The van der Waals surface area contributed by atoms with Gasteiger partial charge in [-0.05, 0) is 25.2 Å². The van der Waals surface area contributed by atoms with Crippen molar-refractivity contribution in [2.24, 2.45) is 10.6 Å². The van der Waals surface area contributed by atoms with E-state index in [0.717, 1.165) is 29.7 Å². The van der Waals surface area contributed by atoms with Crippen LogP contribution in [-0.2, 0) is 11.2 Å². The smallest absolute Gasteiger partial charge is 0.287 e. The van der Waals surface area contributed by atoms with Crippen LogP contribution in [0.1, 0.15) is 54.1 Å². The Bertz CT molecular complexity index is 587. The van der Waals surface area contributed by atoms with Crippen LogP contribution in [0.2, 0.25) is 0 Å². The summed E-state index contributed by atoms with van der Waals surface area (Å²) in [5.74, 6) is 0.794. The molecule has 1 aromatic heterocycles. The second-order valence-corrected chi connectivity index (χ2v) is 6.52. The predicted octanol–water partition coefficient (Wildman–Crippen LogP) is 2.51. The number of oxime groups is 1. The zero-order chi connectivity index (χ0) is 16.3. The first-order valence-corrected chi connectivity index (χ1v) is 7.50. The molecule has 0 fully saturated rings. The molecule has 2 N–H and O–H groups in total. The SMILES string of the molecule is COCCCNC(=O)c1oc2c(c1C)/C(=N\O)CC(C)(C)C2. The Hall–Kier alpha value is -1.82. The van der Waals surface area contributed by atoms with Gasteiger partial charge in [-0.25, -0.2) is 0 Å². The number of nitrogens with zero attached hydrogens (tertiary/aromatic N) is 1. The largest absolute Gasteiger partial charge is 0.455 e. The number of ether oxygens (including phenoxy) is 1. The predicted molar refractivity (Wildman–Crippen MR) is 82.7 cm³/mol. The van der Waals surface area contributed by atoms with E-state index in [4.69, 9.17) is 9.15 Å². The summed E-state index contributed by atoms with van der Waals surface area (Å²) < 4.78 is 10.7. The molecule has 0 bridgehead atoms. The van der Waals surface area contributed by atoms with Gasteiger partial charge < -0.3 is 19.7 Å². The van der Waals surface area contributed by atoms with E-state index in [0.29, 0.717) is 31.0 Å². The summed E-state index contributed by atoms with van der Waals surface area (Å²) in [6.07, 6.45) is 2.13. The third-order valence-corrected chi connectivity index (χ3v) is 3.93. The number of amides is 1. The molecule has 6 nitrogen and oxygen atoms in total. The minimum atomic E-state index is -0.238. The first kappa shape index (κ1) is 16.5. The molecule has 2 rings (SSSR count). The van der Waals surface area contributed by atoms with Gasteiger partial charge in [-0.1, -0.05) is 19.0 Å². The van der Waals surface area contributed by atoms with Gasteiger partial charge in [0.2, 0.25) is 0 Å². The second-order valence-electron chi connectivity index (χ2n) is 6.52. The normalized spacial score (nSPS) is 18.3. The lowest BCUT2D eigenvalue weighted by Gasteiger charge is -2.28. The average molecular weight is 308 g/mol. The van der Waals surface area contributed by atoms with Crippen molar-refractivity contribution in [1.29, 1.82) is 0 Å². The first-order chi connectivity index (χ1) is 10.4. The van der Waals surface area contributed by atoms with Gasteiger partial charge in [-0.15, -0.1) is 0 Å². The van der Waals surface area contributed by atoms with E-state index >= 15 is 0 Å². The third-order valence-electron chi connectivity index (χ3n) is 3.93. The number of furan rings is 1. The zero-order valence-electron chi connectivity index (χ0n) is 13.7. The molecule has 0 aromatic carbocycles. The number of methoxy groups -OCH3 is 1. The van der Waals surface area contributed by atoms with Gasteiger partial charge in [0.05, 0.1) is 5.71 Å². The molecule has 122 valence electrons. The maximum absolute atomic E-state index is 12.3. The standard InChI is InChI=1S/C16H24N2O4/c1-10-13-11(18-20)8-16(2,3)9-12(13)22-14(10)15(19)17-6-5-7-21-4/h20H,5-9H2,1-4H3,(H,17,19)/b18-11-. The zero-order valence-corrected chi connectivity index (χ0v) is 13.7. The minimum absolute atomic E-state index is 0.0505. The Balaban J connectivity index is 2.22. The maximum atomic E-state index is 12.3. The molecule has 0 saturated carbocycles. The van der Waals surface area contributed by atoms with Crippen LogP contribution in [0.3, 0.4) is 0 Å². The number of rotatable bonds is 5. The Labute approximate surface area is 130 Å². The molecular weight excluding hydrogens is 284 g/mol. The third kappa shape index (κ3) is 3.32. The molecule has 0 atom stereocenters. The van der Waals surface area contributed by atoms with E-state index < -0.39 is 0 Å². The summed E-state index contributed by atoms with van der Waals surface area (Å²) in [4.78, 5) is 12.3. The molecule has 1 amide bonds. The van der Waals surface area contributed by atoms with Gasteiger partial charge in [-0.2, -0.15) is 0 Å². The van der Waals surface area contributed by atoms with Gasteiger partial charge in [0.1, 0.15) is 5.76 Å². The topological polar surface area (TPSA) is 84.1 Å². The van der Waals surface area contributed by atoms with E-state index in [1.165, 1.54) is 0 Å². The van der Waals surface area contributed by atoms with Crippen molar-refractivity contribution in [1.82, 2.24) is 5.32 Å². The summed E-state index contributed by atoms with van der Waals surface area (Å²) in [5, 5.41) is 15.5. The van der Waals surface area contributed by atoms with Crippen LogP contribution >= 0.6 is 0 Å². The van der Waals surface area contributed by atoms with E-state index in [-0.39, 0.29) is 11.3 Å². The summed E-state index contributed by atoms with van der Waals surface area (Å²) >= 11 is 0.